The molecule has 0 saturated carbocycles. The van der Waals surface area contributed by atoms with E-state index < -0.39 is 11.9 Å². The maximum absolute atomic E-state index is 12.7. The topological polar surface area (TPSA) is 52.6 Å². The average molecular weight is 398 g/mol. The molecule has 0 unspecified atom stereocenters. The summed E-state index contributed by atoms with van der Waals surface area (Å²) in [6.07, 6.45) is 0. The molecule has 0 aromatic heterocycles. The van der Waals surface area contributed by atoms with Crippen molar-refractivity contribution in [2.45, 2.75) is 27.7 Å². The fourth-order valence-corrected chi connectivity index (χ4v) is 3.82. The summed E-state index contributed by atoms with van der Waals surface area (Å²) in [4.78, 5) is 35.4. The Bertz CT molecular complexity index is 1210. The second-order valence-electron chi connectivity index (χ2n) is 7.56. The van der Waals surface area contributed by atoms with Gasteiger partial charge in [-0.05, 0) is 83.6 Å². The molecular weight excluding hydrogens is 376 g/mol. The van der Waals surface area contributed by atoms with Crippen LogP contribution in [0.3, 0.4) is 0 Å². The minimum atomic E-state index is -0.698. The van der Waals surface area contributed by atoms with Crippen molar-refractivity contribution in [2.75, 3.05) is 0 Å². The third-order valence-electron chi connectivity index (χ3n) is 5.78. The number of hydrogen-bond acceptors (Lipinski definition) is 4. The molecule has 4 nitrogen and oxygen atoms in total. The van der Waals surface area contributed by atoms with Crippen LogP contribution in [0.1, 0.15) is 43.0 Å². The van der Waals surface area contributed by atoms with E-state index in [1.807, 2.05) is 76.2 Å². The molecule has 0 N–H and O–H groups in total. The van der Waals surface area contributed by atoms with Gasteiger partial charge in [-0.2, -0.15) is 0 Å². The molecule has 0 bridgehead atoms. The largest absolute Gasteiger partial charge is 0.386 e. The van der Waals surface area contributed by atoms with Crippen LogP contribution in [-0.2, 0) is 9.78 Å². The molecule has 0 aliphatic rings. The van der Waals surface area contributed by atoms with E-state index >= 15 is 0 Å². The number of hydrogen-bond donors (Lipinski definition) is 0. The summed E-state index contributed by atoms with van der Waals surface area (Å²) < 4.78 is 0. The van der Waals surface area contributed by atoms with Gasteiger partial charge in [-0.1, -0.05) is 48.5 Å². The van der Waals surface area contributed by atoms with Crippen LogP contribution >= 0.6 is 0 Å². The van der Waals surface area contributed by atoms with Gasteiger partial charge < -0.3 is 0 Å². The highest BCUT2D eigenvalue weighted by molar-refractivity contribution is 6.08. The summed E-state index contributed by atoms with van der Waals surface area (Å²) in [5, 5.41) is 3.46. The quantitative estimate of drug-likeness (QED) is 0.300. The van der Waals surface area contributed by atoms with E-state index in [4.69, 9.17) is 9.78 Å². The lowest BCUT2D eigenvalue weighted by atomic mass is 9.96. The van der Waals surface area contributed by atoms with Gasteiger partial charge in [0.05, 0.1) is 11.1 Å². The zero-order valence-electron chi connectivity index (χ0n) is 17.4. The van der Waals surface area contributed by atoms with E-state index in [-0.39, 0.29) is 0 Å². The number of benzene rings is 4. The van der Waals surface area contributed by atoms with Crippen molar-refractivity contribution in [1.82, 2.24) is 0 Å². The molecule has 0 spiro atoms. The van der Waals surface area contributed by atoms with Crippen LogP contribution in [0.4, 0.5) is 0 Å². The summed E-state index contributed by atoms with van der Waals surface area (Å²) in [7, 11) is 0. The molecule has 0 saturated heterocycles. The van der Waals surface area contributed by atoms with Gasteiger partial charge in [0.1, 0.15) is 0 Å². The molecule has 0 heterocycles. The van der Waals surface area contributed by atoms with E-state index in [9.17, 15) is 9.59 Å². The molecule has 0 aliphatic carbocycles. The van der Waals surface area contributed by atoms with Gasteiger partial charge in [-0.3, -0.25) is 0 Å². The van der Waals surface area contributed by atoms with Gasteiger partial charge in [-0.25, -0.2) is 19.4 Å². The molecule has 0 fully saturated rings. The Morgan fingerprint density at radius 3 is 1.27 bits per heavy atom. The highest BCUT2D eigenvalue weighted by atomic mass is 17.2. The van der Waals surface area contributed by atoms with Gasteiger partial charge in [0.2, 0.25) is 0 Å². The van der Waals surface area contributed by atoms with E-state index in [1.165, 1.54) is 0 Å². The normalized spacial score (nSPS) is 10.9. The lowest BCUT2D eigenvalue weighted by Gasteiger charge is -2.12. The number of fused-ring (bicyclic) bond motifs is 2. The van der Waals surface area contributed by atoms with Crippen molar-refractivity contribution in [2.24, 2.45) is 0 Å². The van der Waals surface area contributed by atoms with E-state index in [0.717, 1.165) is 43.8 Å². The summed E-state index contributed by atoms with van der Waals surface area (Å²) in [5.41, 5.74) is 4.86. The molecule has 4 aromatic rings. The van der Waals surface area contributed by atoms with Crippen LogP contribution in [0.5, 0.6) is 0 Å². The maximum atomic E-state index is 12.7. The fourth-order valence-electron chi connectivity index (χ4n) is 3.82. The van der Waals surface area contributed by atoms with Crippen molar-refractivity contribution < 1.29 is 19.4 Å². The Labute approximate surface area is 175 Å². The first-order valence-corrected chi connectivity index (χ1v) is 9.79. The van der Waals surface area contributed by atoms with Crippen LogP contribution in [0.15, 0.2) is 60.7 Å². The fraction of sp³-hybridized carbons (Fsp3) is 0.154. The Kier molecular flexibility index (Phi) is 5.00. The third-order valence-corrected chi connectivity index (χ3v) is 5.78. The Morgan fingerprint density at radius 1 is 0.567 bits per heavy atom. The van der Waals surface area contributed by atoms with Crippen LogP contribution < -0.4 is 0 Å². The summed E-state index contributed by atoms with van der Waals surface area (Å²) in [5.74, 6) is -1.40. The minimum absolute atomic E-state index is 0.367. The smallest absolute Gasteiger partial charge is 0.241 e. The average Bonchev–Trinajstić information content (AvgIpc) is 2.77. The second kappa shape index (κ2) is 7.64. The van der Waals surface area contributed by atoms with Gasteiger partial charge in [0, 0.05) is 0 Å². The van der Waals surface area contributed by atoms with E-state index in [2.05, 4.69) is 0 Å². The minimum Gasteiger partial charge on any atom is -0.241 e. The van der Waals surface area contributed by atoms with Crippen LogP contribution in [0.2, 0.25) is 0 Å². The molecule has 0 aliphatic heterocycles. The van der Waals surface area contributed by atoms with Crippen molar-refractivity contribution >= 4 is 33.5 Å². The molecule has 0 atom stereocenters. The molecule has 0 radical (unpaired) electrons. The molecule has 30 heavy (non-hydrogen) atoms. The Morgan fingerprint density at radius 2 is 0.900 bits per heavy atom. The van der Waals surface area contributed by atoms with Gasteiger partial charge in [-0.15, -0.1) is 0 Å². The Hall–Kier alpha value is -3.66. The third kappa shape index (κ3) is 3.30. The number of rotatable bonds is 2. The molecule has 4 rings (SSSR count). The number of carbonyl (C=O) groups is 2. The summed E-state index contributed by atoms with van der Waals surface area (Å²) >= 11 is 0. The lowest BCUT2D eigenvalue weighted by Crippen LogP contribution is -2.13. The first-order chi connectivity index (χ1) is 14.4. The van der Waals surface area contributed by atoms with Gasteiger partial charge in [0.15, 0.2) is 0 Å². The zero-order chi connectivity index (χ0) is 21.4. The molecule has 4 heteroatoms. The predicted octanol–water partition coefficient (Wildman–Crippen LogP) is 6.16. The molecule has 0 amide bonds. The molecular formula is C26H22O4. The highest BCUT2D eigenvalue weighted by Crippen LogP contribution is 2.28. The van der Waals surface area contributed by atoms with Crippen LogP contribution in [0.25, 0.3) is 21.5 Å². The van der Waals surface area contributed by atoms with Crippen LogP contribution in [0, 0.1) is 27.7 Å². The molecule has 4 aromatic carbocycles. The SMILES string of the molecule is Cc1cc(C(=O)OOC(=O)c2cc(C)c(C)c3ccccc23)c2ccccc2c1C. The highest BCUT2D eigenvalue weighted by Gasteiger charge is 2.20. The van der Waals surface area contributed by atoms with Crippen molar-refractivity contribution in [3.63, 3.8) is 0 Å². The summed E-state index contributed by atoms with van der Waals surface area (Å²) in [6, 6.07) is 18.7. The maximum Gasteiger partial charge on any atom is 0.386 e. The number of carbonyl (C=O) groups excluding carboxylic acids is 2. The Balaban J connectivity index is 1.64. The predicted molar refractivity (Wildman–Crippen MR) is 118 cm³/mol. The standard InChI is InChI=1S/C26H22O4/c1-15-13-23(21-11-7-5-9-19(21)17(15)3)25(27)29-30-26(28)24-14-16(2)18(4)20-10-6-8-12-22(20)24/h5-14H,1-4H3. The second-order valence-corrected chi connectivity index (χ2v) is 7.56. The van der Waals surface area contributed by atoms with E-state index in [0.29, 0.717) is 11.1 Å². The zero-order valence-corrected chi connectivity index (χ0v) is 17.4. The van der Waals surface area contributed by atoms with Crippen molar-refractivity contribution in [3.8, 4) is 0 Å². The van der Waals surface area contributed by atoms with Crippen molar-refractivity contribution in [1.29, 1.82) is 0 Å². The van der Waals surface area contributed by atoms with E-state index in [1.54, 1.807) is 12.1 Å². The van der Waals surface area contributed by atoms with Gasteiger partial charge in [0.25, 0.3) is 0 Å². The lowest BCUT2D eigenvalue weighted by molar-refractivity contribution is -0.187. The van der Waals surface area contributed by atoms with Crippen molar-refractivity contribution in [3.05, 3.63) is 94.0 Å². The monoisotopic (exact) mass is 398 g/mol. The summed E-state index contributed by atoms with van der Waals surface area (Å²) in [6.45, 7) is 7.90. The first kappa shape index (κ1) is 19.6. The number of aryl methyl sites for hydroxylation is 4. The first-order valence-electron chi connectivity index (χ1n) is 9.79. The molecule has 150 valence electrons. The van der Waals surface area contributed by atoms with Gasteiger partial charge >= 0.3 is 11.9 Å². The van der Waals surface area contributed by atoms with Crippen LogP contribution in [-0.4, -0.2) is 11.9 Å².